The van der Waals surface area contributed by atoms with E-state index in [0.29, 0.717) is 12.0 Å². The van der Waals surface area contributed by atoms with Crippen molar-refractivity contribution in [1.82, 2.24) is 5.32 Å². The van der Waals surface area contributed by atoms with Gasteiger partial charge in [-0.2, -0.15) is 0 Å². The van der Waals surface area contributed by atoms with Gasteiger partial charge in [0, 0.05) is 19.1 Å². The van der Waals surface area contributed by atoms with E-state index in [1.165, 1.54) is 6.42 Å². The van der Waals surface area contributed by atoms with Crippen molar-refractivity contribution in [1.29, 1.82) is 0 Å². The molecule has 2 unspecified atom stereocenters. The molecule has 1 saturated heterocycles. The van der Waals surface area contributed by atoms with E-state index in [0.717, 1.165) is 43.7 Å². The van der Waals surface area contributed by atoms with E-state index < -0.39 is 0 Å². The summed E-state index contributed by atoms with van der Waals surface area (Å²) in [6.45, 7) is 9.30. The number of para-hydroxylation sites is 1. The largest absolute Gasteiger partial charge is 0.366 e. The molecule has 1 aromatic carbocycles. The number of benzene rings is 1. The van der Waals surface area contributed by atoms with Crippen molar-refractivity contribution in [3.63, 3.8) is 0 Å². The summed E-state index contributed by atoms with van der Waals surface area (Å²) in [6, 6.07) is 5.88. The number of piperidine rings is 1. The number of nitrogens with one attached hydrogen (secondary N) is 1. The zero-order valence-corrected chi connectivity index (χ0v) is 13.0. The van der Waals surface area contributed by atoms with Crippen molar-refractivity contribution < 1.29 is 4.39 Å². The Kier molecular flexibility index (Phi) is 5.41. The molecule has 112 valence electrons. The van der Waals surface area contributed by atoms with Crippen molar-refractivity contribution in [2.24, 2.45) is 5.92 Å². The molecule has 0 aliphatic carbocycles. The van der Waals surface area contributed by atoms with Gasteiger partial charge >= 0.3 is 0 Å². The first kappa shape index (κ1) is 15.3. The summed E-state index contributed by atoms with van der Waals surface area (Å²) in [6.07, 6.45) is 3.49. The van der Waals surface area contributed by atoms with Crippen LogP contribution in [0.5, 0.6) is 0 Å². The normalized spacial score (nSPS) is 23.1. The van der Waals surface area contributed by atoms with Crippen LogP contribution in [0.3, 0.4) is 0 Å². The molecule has 0 spiro atoms. The molecular formula is C17H27FN2. The molecule has 0 bridgehead atoms. The predicted molar refractivity (Wildman–Crippen MR) is 83.6 cm³/mol. The van der Waals surface area contributed by atoms with E-state index in [-0.39, 0.29) is 5.82 Å². The number of hydrogen-bond acceptors (Lipinski definition) is 2. The zero-order chi connectivity index (χ0) is 14.5. The van der Waals surface area contributed by atoms with Crippen molar-refractivity contribution in [2.75, 3.05) is 18.0 Å². The first-order valence-electron chi connectivity index (χ1n) is 7.88. The summed E-state index contributed by atoms with van der Waals surface area (Å²) in [5, 5.41) is 3.39. The van der Waals surface area contributed by atoms with Gasteiger partial charge in [0.1, 0.15) is 5.82 Å². The Labute approximate surface area is 122 Å². The Morgan fingerprint density at radius 1 is 1.30 bits per heavy atom. The Hall–Kier alpha value is -1.09. The summed E-state index contributed by atoms with van der Waals surface area (Å²) >= 11 is 0. The molecule has 1 N–H and O–H groups in total. The molecule has 0 radical (unpaired) electrons. The molecule has 20 heavy (non-hydrogen) atoms. The highest BCUT2D eigenvalue weighted by Gasteiger charge is 2.26. The molecule has 0 aromatic heterocycles. The van der Waals surface area contributed by atoms with Crippen LogP contribution in [-0.4, -0.2) is 19.1 Å². The Bertz CT molecular complexity index is 433. The van der Waals surface area contributed by atoms with E-state index in [1.54, 1.807) is 6.07 Å². The van der Waals surface area contributed by atoms with Crippen molar-refractivity contribution >= 4 is 5.69 Å². The standard InChI is InChI=1S/C17H27FN2/c1-4-10-19-11-15-6-5-7-16(18)17(15)20-12-13(2)8-9-14(20)3/h5-7,13-14,19H,4,8-12H2,1-3H3. The lowest BCUT2D eigenvalue weighted by molar-refractivity contribution is 0.385. The SMILES string of the molecule is CCCNCc1cccc(F)c1N1CC(C)CCC1C. The van der Waals surface area contributed by atoms with Gasteiger partial charge in [0.2, 0.25) is 0 Å². The molecule has 1 heterocycles. The van der Waals surface area contributed by atoms with Crippen LogP contribution >= 0.6 is 0 Å². The molecule has 1 aromatic rings. The molecule has 2 nitrogen and oxygen atoms in total. The van der Waals surface area contributed by atoms with Gasteiger partial charge in [0.15, 0.2) is 0 Å². The topological polar surface area (TPSA) is 15.3 Å². The fourth-order valence-corrected chi connectivity index (χ4v) is 3.02. The highest BCUT2D eigenvalue weighted by atomic mass is 19.1. The van der Waals surface area contributed by atoms with Crippen LogP contribution in [0.1, 0.15) is 45.6 Å². The second kappa shape index (κ2) is 7.07. The monoisotopic (exact) mass is 278 g/mol. The molecule has 0 saturated carbocycles. The lowest BCUT2D eigenvalue weighted by atomic mass is 9.93. The minimum atomic E-state index is -0.0817. The molecule has 1 fully saturated rings. The minimum absolute atomic E-state index is 0.0817. The van der Waals surface area contributed by atoms with Crippen LogP contribution in [0, 0.1) is 11.7 Å². The lowest BCUT2D eigenvalue weighted by Gasteiger charge is -2.39. The molecule has 3 heteroatoms. The van der Waals surface area contributed by atoms with Gasteiger partial charge < -0.3 is 10.2 Å². The van der Waals surface area contributed by atoms with Gasteiger partial charge in [0.05, 0.1) is 5.69 Å². The first-order chi connectivity index (χ1) is 9.63. The second-order valence-electron chi connectivity index (χ2n) is 6.11. The van der Waals surface area contributed by atoms with Gasteiger partial charge in [-0.1, -0.05) is 26.0 Å². The number of nitrogens with zero attached hydrogens (tertiary/aromatic N) is 1. The quantitative estimate of drug-likeness (QED) is 0.820. The summed E-state index contributed by atoms with van der Waals surface area (Å²) in [5.74, 6) is 0.559. The summed E-state index contributed by atoms with van der Waals surface area (Å²) in [5.41, 5.74) is 1.90. The van der Waals surface area contributed by atoms with Gasteiger partial charge in [-0.25, -0.2) is 4.39 Å². The van der Waals surface area contributed by atoms with Gasteiger partial charge in [-0.15, -0.1) is 0 Å². The van der Waals surface area contributed by atoms with Crippen LogP contribution in [0.4, 0.5) is 10.1 Å². The fourth-order valence-electron chi connectivity index (χ4n) is 3.02. The van der Waals surface area contributed by atoms with Gasteiger partial charge in [-0.05, 0) is 50.3 Å². The Morgan fingerprint density at radius 2 is 2.10 bits per heavy atom. The summed E-state index contributed by atoms with van der Waals surface area (Å²) in [4.78, 5) is 2.27. The average Bonchev–Trinajstić information content (AvgIpc) is 2.42. The fraction of sp³-hybridized carbons (Fsp3) is 0.647. The van der Waals surface area contributed by atoms with E-state index in [2.05, 4.69) is 31.0 Å². The smallest absolute Gasteiger partial charge is 0.146 e. The van der Waals surface area contributed by atoms with Crippen LogP contribution in [0.25, 0.3) is 0 Å². The zero-order valence-electron chi connectivity index (χ0n) is 13.0. The van der Waals surface area contributed by atoms with E-state index in [9.17, 15) is 4.39 Å². The van der Waals surface area contributed by atoms with E-state index >= 15 is 0 Å². The van der Waals surface area contributed by atoms with E-state index in [4.69, 9.17) is 0 Å². The van der Waals surface area contributed by atoms with Crippen LogP contribution < -0.4 is 10.2 Å². The minimum Gasteiger partial charge on any atom is -0.366 e. The first-order valence-corrected chi connectivity index (χ1v) is 7.88. The maximum absolute atomic E-state index is 14.4. The van der Waals surface area contributed by atoms with Crippen molar-refractivity contribution in [3.05, 3.63) is 29.6 Å². The van der Waals surface area contributed by atoms with Gasteiger partial charge in [0.25, 0.3) is 0 Å². The molecule has 1 aliphatic heterocycles. The molecule has 2 atom stereocenters. The number of hydrogen-bond donors (Lipinski definition) is 1. The maximum atomic E-state index is 14.4. The Morgan fingerprint density at radius 3 is 2.85 bits per heavy atom. The average molecular weight is 278 g/mol. The number of anilines is 1. The third-order valence-electron chi connectivity index (χ3n) is 4.22. The number of halogens is 1. The van der Waals surface area contributed by atoms with Crippen LogP contribution in [0.2, 0.25) is 0 Å². The molecule has 0 amide bonds. The van der Waals surface area contributed by atoms with E-state index in [1.807, 2.05) is 12.1 Å². The lowest BCUT2D eigenvalue weighted by Crippen LogP contribution is -2.42. The summed E-state index contributed by atoms with van der Waals surface area (Å²) < 4.78 is 14.4. The molecular weight excluding hydrogens is 251 g/mol. The van der Waals surface area contributed by atoms with Crippen LogP contribution in [-0.2, 0) is 6.54 Å². The summed E-state index contributed by atoms with van der Waals surface area (Å²) in [7, 11) is 0. The van der Waals surface area contributed by atoms with Gasteiger partial charge in [-0.3, -0.25) is 0 Å². The van der Waals surface area contributed by atoms with Crippen molar-refractivity contribution in [2.45, 2.75) is 52.6 Å². The van der Waals surface area contributed by atoms with Crippen molar-refractivity contribution in [3.8, 4) is 0 Å². The maximum Gasteiger partial charge on any atom is 0.146 e. The third-order valence-corrected chi connectivity index (χ3v) is 4.22. The third kappa shape index (κ3) is 3.51. The molecule has 1 aliphatic rings. The second-order valence-corrected chi connectivity index (χ2v) is 6.11. The van der Waals surface area contributed by atoms with Crippen LogP contribution in [0.15, 0.2) is 18.2 Å². The Balaban J connectivity index is 2.23. The highest BCUT2D eigenvalue weighted by molar-refractivity contribution is 5.56. The molecule has 2 rings (SSSR count). The number of rotatable bonds is 5. The predicted octanol–water partition coefficient (Wildman–Crippen LogP) is 3.95. The highest BCUT2D eigenvalue weighted by Crippen LogP contribution is 2.32.